The van der Waals surface area contributed by atoms with Gasteiger partial charge in [0.1, 0.15) is 6.04 Å². The third kappa shape index (κ3) is 2.28. The van der Waals surface area contributed by atoms with Crippen molar-refractivity contribution in [3.63, 3.8) is 0 Å². The van der Waals surface area contributed by atoms with Crippen LogP contribution in [0, 0.1) is 0 Å². The molecule has 5 nitrogen and oxygen atoms in total. The fourth-order valence-electron chi connectivity index (χ4n) is 2.94. The van der Waals surface area contributed by atoms with Crippen LogP contribution in [0.5, 0.6) is 0 Å². The average molecular weight is 273 g/mol. The van der Waals surface area contributed by atoms with E-state index in [1.807, 2.05) is 30.0 Å². The van der Waals surface area contributed by atoms with Crippen LogP contribution in [0.3, 0.4) is 0 Å². The molecule has 2 aliphatic heterocycles. The first-order valence-corrected chi connectivity index (χ1v) is 7.16. The summed E-state index contributed by atoms with van der Waals surface area (Å²) in [6.07, 6.45) is 3.23. The van der Waals surface area contributed by atoms with Crippen LogP contribution in [0.4, 0.5) is 0 Å². The Kier molecular flexibility index (Phi) is 3.42. The van der Waals surface area contributed by atoms with E-state index in [1.165, 1.54) is 0 Å². The number of nitrogens with zero attached hydrogens (tertiary/aromatic N) is 3. The Morgan fingerprint density at radius 2 is 2.20 bits per heavy atom. The van der Waals surface area contributed by atoms with Crippen molar-refractivity contribution >= 4 is 11.8 Å². The third-order valence-corrected chi connectivity index (χ3v) is 4.23. The third-order valence-electron chi connectivity index (χ3n) is 4.23. The van der Waals surface area contributed by atoms with Crippen LogP contribution in [0.2, 0.25) is 0 Å². The molecule has 0 N–H and O–H groups in total. The molecule has 5 heteroatoms. The molecule has 2 fully saturated rings. The van der Waals surface area contributed by atoms with E-state index in [4.69, 9.17) is 0 Å². The Morgan fingerprint density at radius 3 is 2.80 bits per heavy atom. The van der Waals surface area contributed by atoms with Gasteiger partial charge in [0, 0.05) is 43.9 Å². The minimum Gasteiger partial charge on any atom is -0.339 e. The van der Waals surface area contributed by atoms with E-state index >= 15 is 0 Å². The number of carbonyl (C=O) groups is 2. The smallest absolute Gasteiger partial charge is 0.245 e. The summed E-state index contributed by atoms with van der Waals surface area (Å²) in [4.78, 5) is 31.9. The van der Waals surface area contributed by atoms with Crippen molar-refractivity contribution in [1.29, 1.82) is 0 Å². The van der Waals surface area contributed by atoms with Gasteiger partial charge in [0.25, 0.3) is 0 Å². The van der Waals surface area contributed by atoms with Crippen LogP contribution in [-0.2, 0) is 9.59 Å². The molecule has 0 radical (unpaired) electrons. The van der Waals surface area contributed by atoms with Crippen molar-refractivity contribution < 1.29 is 9.59 Å². The van der Waals surface area contributed by atoms with Crippen LogP contribution in [-0.4, -0.2) is 52.3 Å². The van der Waals surface area contributed by atoms with Gasteiger partial charge in [0.2, 0.25) is 11.8 Å². The number of likely N-dealkylation sites (tertiary alicyclic amines) is 2. The molecule has 1 atom stereocenters. The molecular formula is C15H19N3O2. The van der Waals surface area contributed by atoms with E-state index < -0.39 is 0 Å². The molecule has 1 aromatic heterocycles. The molecular weight excluding hydrogens is 254 g/mol. The molecule has 3 rings (SSSR count). The first kappa shape index (κ1) is 13.1. The fourth-order valence-corrected chi connectivity index (χ4v) is 2.94. The van der Waals surface area contributed by atoms with Crippen LogP contribution in [0.15, 0.2) is 24.4 Å². The lowest BCUT2D eigenvalue weighted by Gasteiger charge is -2.41. The average Bonchev–Trinajstić information content (AvgIpc) is 2.83. The SMILES string of the molecule is CC(C(=O)N1CC(c2ccccn2)C1)N1CCCC1=O. The highest BCUT2D eigenvalue weighted by atomic mass is 16.2. The van der Waals surface area contributed by atoms with Gasteiger partial charge in [-0.3, -0.25) is 14.6 Å². The lowest BCUT2D eigenvalue weighted by atomic mass is 9.95. The van der Waals surface area contributed by atoms with Gasteiger partial charge >= 0.3 is 0 Å². The van der Waals surface area contributed by atoms with Crippen molar-refractivity contribution in [2.45, 2.75) is 31.7 Å². The summed E-state index contributed by atoms with van der Waals surface area (Å²) in [5.74, 6) is 0.502. The second-order valence-electron chi connectivity index (χ2n) is 5.56. The molecule has 0 saturated carbocycles. The van der Waals surface area contributed by atoms with Crippen LogP contribution < -0.4 is 0 Å². The quantitative estimate of drug-likeness (QED) is 0.826. The summed E-state index contributed by atoms with van der Waals surface area (Å²) in [5.41, 5.74) is 1.04. The summed E-state index contributed by atoms with van der Waals surface area (Å²) < 4.78 is 0. The van der Waals surface area contributed by atoms with Crippen LogP contribution in [0.25, 0.3) is 0 Å². The Bertz CT molecular complexity index is 511. The minimum atomic E-state index is -0.324. The number of hydrogen-bond donors (Lipinski definition) is 0. The van der Waals surface area contributed by atoms with Gasteiger partial charge in [0.15, 0.2) is 0 Å². The van der Waals surface area contributed by atoms with Gasteiger partial charge in [0.05, 0.1) is 0 Å². The van der Waals surface area contributed by atoms with Crippen molar-refractivity contribution in [2.75, 3.05) is 19.6 Å². The number of rotatable bonds is 3. The maximum atomic E-state index is 12.3. The number of amides is 2. The summed E-state index contributed by atoms with van der Waals surface area (Å²) in [6, 6.07) is 5.54. The highest BCUT2D eigenvalue weighted by Gasteiger charge is 2.38. The van der Waals surface area contributed by atoms with Crippen molar-refractivity contribution in [3.8, 4) is 0 Å². The highest BCUT2D eigenvalue weighted by molar-refractivity contribution is 5.88. The molecule has 0 spiro atoms. The van der Waals surface area contributed by atoms with Gasteiger partial charge in [-0.25, -0.2) is 0 Å². The van der Waals surface area contributed by atoms with Gasteiger partial charge in [-0.1, -0.05) is 6.07 Å². The topological polar surface area (TPSA) is 53.5 Å². The molecule has 2 saturated heterocycles. The van der Waals surface area contributed by atoms with E-state index in [0.29, 0.717) is 32.0 Å². The first-order valence-electron chi connectivity index (χ1n) is 7.16. The van der Waals surface area contributed by atoms with Gasteiger partial charge in [-0.05, 0) is 25.5 Å². The Labute approximate surface area is 118 Å². The van der Waals surface area contributed by atoms with Crippen molar-refractivity contribution in [1.82, 2.24) is 14.8 Å². The lowest BCUT2D eigenvalue weighted by Crippen LogP contribution is -2.55. The predicted octanol–water partition coefficient (Wildman–Crippen LogP) is 1.02. The monoisotopic (exact) mass is 273 g/mol. The molecule has 0 aliphatic carbocycles. The summed E-state index contributed by atoms with van der Waals surface area (Å²) in [5, 5.41) is 0. The van der Waals surface area contributed by atoms with E-state index in [9.17, 15) is 9.59 Å². The van der Waals surface area contributed by atoms with Crippen LogP contribution in [0.1, 0.15) is 31.4 Å². The van der Waals surface area contributed by atoms with Crippen molar-refractivity contribution in [3.05, 3.63) is 30.1 Å². The zero-order valence-corrected chi connectivity index (χ0v) is 11.7. The molecule has 0 aromatic carbocycles. The lowest BCUT2D eigenvalue weighted by molar-refractivity contribution is -0.146. The fraction of sp³-hybridized carbons (Fsp3) is 0.533. The normalized spacial score (nSPS) is 20.9. The summed E-state index contributed by atoms with van der Waals surface area (Å²) in [7, 11) is 0. The van der Waals surface area contributed by atoms with E-state index in [0.717, 1.165) is 12.1 Å². The van der Waals surface area contributed by atoms with E-state index in [1.54, 1.807) is 11.1 Å². The molecule has 3 heterocycles. The summed E-state index contributed by atoms with van der Waals surface area (Å²) in [6.45, 7) is 3.97. The molecule has 1 aromatic rings. The zero-order valence-electron chi connectivity index (χ0n) is 11.7. The Balaban J connectivity index is 1.57. The van der Waals surface area contributed by atoms with Crippen molar-refractivity contribution in [2.24, 2.45) is 0 Å². The summed E-state index contributed by atoms with van der Waals surface area (Å²) >= 11 is 0. The number of carbonyl (C=O) groups excluding carboxylic acids is 2. The van der Waals surface area contributed by atoms with Gasteiger partial charge in [-0.15, -0.1) is 0 Å². The minimum absolute atomic E-state index is 0.0624. The molecule has 20 heavy (non-hydrogen) atoms. The number of hydrogen-bond acceptors (Lipinski definition) is 3. The Morgan fingerprint density at radius 1 is 1.40 bits per heavy atom. The van der Waals surface area contributed by atoms with Gasteiger partial charge < -0.3 is 9.80 Å². The molecule has 1 unspecified atom stereocenters. The van der Waals surface area contributed by atoms with Gasteiger partial charge in [-0.2, -0.15) is 0 Å². The maximum Gasteiger partial charge on any atom is 0.245 e. The second-order valence-corrected chi connectivity index (χ2v) is 5.56. The molecule has 2 aliphatic rings. The molecule has 2 amide bonds. The molecule has 0 bridgehead atoms. The Hall–Kier alpha value is -1.91. The second kappa shape index (κ2) is 5.23. The zero-order chi connectivity index (χ0) is 14.1. The predicted molar refractivity (Wildman–Crippen MR) is 74.0 cm³/mol. The van der Waals surface area contributed by atoms with E-state index in [-0.39, 0.29) is 17.9 Å². The highest BCUT2D eigenvalue weighted by Crippen LogP contribution is 2.27. The van der Waals surface area contributed by atoms with E-state index in [2.05, 4.69) is 4.98 Å². The van der Waals surface area contributed by atoms with Crippen LogP contribution >= 0.6 is 0 Å². The number of aromatic nitrogens is 1. The first-order chi connectivity index (χ1) is 9.66. The largest absolute Gasteiger partial charge is 0.339 e. The standard InChI is InChI=1S/C15H19N3O2/c1-11(18-8-4-6-14(18)19)15(20)17-9-12(10-17)13-5-2-3-7-16-13/h2-3,5,7,11-12H,4,6,8-10H2,1H3. The maximum absolute atomic E-state index is 12.3. The molecule has 106 valence electrons. The number of pyridine rings is 1.